The molecule has 1 aromatic rings. The lowest BCUT2D eigenvalue weighted by Gasteiger charge is -2.11. The first-order chi connectivity index (χ1) is 8.78. The van der Waals surface area contributed by atoms with Crippen LogP contribution < -0.4 is 9.47 Å². The highest BCUT2D eigenvalue weighted by Gasteiger charge is 2.15. The number of methoxy groups -OCH3 is 2. The molecule has 0 amide bonds. The average molecular weight is 278 g/mol. The van der Waals surface area contributed by atoms with Gasteiger partial charge in [0.2, 0.25) is 0 Å². The van der Waals surface area contributed by atoms with Gasteiger partial charge in [-0.2, -0.15) is 0 Å². The molecule has 0 bridgehead atoms. The third-order valence-electron chi connectivity index (χ3n) is 2.30. The molecule has 0 unspecified atom stereocenters. The Balaban J connectivity index is 3.45. The van der Waals surface area contributed by atoms with Gasteiger partial charge in [0.15, 0.2) is 11.5 Å². The molecule has 4 nitrogen and oxygen atoms in total. The minimum atomic E-state index is -1.55. The zero-order chi connectivity index (χ0) is 14.6. The minimum absolute atomic E-state index is 0.137. The van der Waals surface area contributed by atoms with E-state index < -0.39 is 14.0 Å². The Hall–Kier alpha value is -1.93. The van der Waals surface area contributed by atoms with Crippen LogP contribution in [0.1, 0.15) is 15.9 Å². The van der Waals surface area contributed by atoms with E-state index in [1.807, 2.05) is 0 Å². The van der Waals surface area contributed by atoms with E-state index in [1.165, 1.54) is 26.4 Å². The zero-order valence-corrected chi connectivity index (χ0v) is 12.8. The van der Waals surface area contributed by atoms with E-state index in [2.05, 4.69) is 31.1 Å². The van der Waals surface area contributed by atoms with Crippen LogP contribution in [0, 0.1) is 11.5 Å². The fourth-order valence-corrected chi connectivity index (χ4v) is 1.95. The van der Waals surface area contributed by atoms with Crippen LogP contribution in [0.5, 0.6) is 11.5 Å². The second-order valence-corrected chi connectivity index (χ2v) is 9.81. The van der Waals surface area contributed by atoms with Crippen LogP contribution in [0.4, 0.5) is 0 Å². The molecule has 0 atom stereocenters. The first kappa shape index (κ1) is 15.1. The van der Waals surface area contributed by atoms with Crippen LogP contribution in [-0.4, -0.2) is 33.4 Å². The standard InChI is InChI=1S/C14H18O4Si/c1-17-12-9-11(14(15)16)8-10(13(12)18-2)6-7-19(3,4)5/h8-9H,1-5H3,(H,15,16). The minimum Gasteiger partial charge on any atom is -0.493 e. The van der Waals surface area contributed by atoms with Gasteiger partial charge in [0.25, 0.3) is 0 Å². The monoisotopic (exact) mass is 278 g/mol. The molecule has 0 aromatic heterocycles. The van der Waals surface area contributed by atoms with E-state index in [4.69, 9.17) is 14.6 Å². The number of aromatic carboxylic acids is 1. The summed E-state index contributed by atoms with van der Waals surface area (Å²) in [5, 5.41) is 9.09. The largest absolute Gasteiger partial charge is 0.493 e. The van der Waals surface area contributed by atoms with Crippen LogP contribution in [0.3, 0.4) is 0 Å². The Morgan fingerprint density at radius 2 is 1.84 bits per heavy atom. The van der Waals surface area contributed by atoms with Gasteiger partial charge in [0.1, 0.15) is 8.07 Å². The van der Waals surface area contributed by atoms with Crippen molar-refractivity contribution in [2.45, 2.75) is 19.6 Å². The smallest absolute Gasteiger partial charge is 0.335 e. The predicted octanol–water partition coefficient (Wildman–Crippen LogP) is 2.63. The lowest BCUT2D eigenvalue weighted by Crippen LogP contribution is -2.16. The molecule has 0 radical (unpaired) electrons. The van der Waals surface area contributed by atoms with Crippen molar-refractivity contribution in [3.05, 3.63) is 23.3 Å². The van der Waals surface area contributed by atoms with Crippen molar-refractivity contribution in [2.75, 3.05) is 14.2 Å². The van der Waals surface area contributed by atoms with Crippen LogP contribution in [-0.2, 0) is 0 Å². The lowest BCUT2D eigenvalue weighted by atomic mass is 10.1. The molecule has 0 aliphatic heterocycles. The van der Waals surface area contributed by atoms with Crippen LogP contribution in [0.25, 0.3) is 0 Å². The van der Waals surface area contributed by atoms with Crippen LogP contribution >= 0.6 is 0 Å². The molecule has 5 heteroatoms. The van der Waals surface area contributed by atoms with Crippen molar-refractivity contribution in [1.29, 1.82) is 0 Å². The molecule has 0 heterocycles. The van der Waals surface area contributed by atoms with Crippen LogP contribution in [0.2, 0.25) is 19.6 Å². The van der Waals surface area contributed by atoms with Gasteiger partial charge in [-0.1, -0.05) is 25.6 Å². The molecule has 0 saturated carbocycles. The number of hydrogen-bond acceptors (Lipinski definition) is 3. The second-order valence-electron chi connectivity index (χ2n) is 5.06. The summed E-state index contributed by atoms with van der Waals surface area (Å²) in [7, 11) is 1.43. The average Bonchev–Trinajstić information content (AvgIpc) is 2.33. The maximum absolute atomic E-state index is 11.1. The lowest BCUT2D eigenvalue weighted by molar-refractivity contribution is 0.0696. The van der Waals surface area contributed by atoms with Gasteiger partial charge >= 0.3 is 5.97 Å². The molecule has 1 N–H and O–H groups in total. The topological polar surface area (TPSA) is 55.8 Å². The first-order valence-electron chi connectivity index (χ1n) is 5.81. The van der Waals surface area contributed by atoms with E-state index in [1.54, 1.807) is 0 Å². The number of ether oxygens (including phenoxy) is 2. The molecule has 1 aromatic carbocycles. The third-order valence-corrected chi connectivity index (χ3v) is 3.17. The summed E-state index contributed by atoms with van der Waals surface area (Å²) < 4.78 is 10.4. The van der Waals surface area contributed by atoms with E-state index in [9.17, 15) is 4.79 Å². The van der Waals surface area contributed by atoms with Crippen molar-refractivity contribution in [3.8, 4) is 23.0 Å². The van der Waals surface area contributed by atoms with Gasteiger partial charge in [0.05, 0.1) is 25.3 Å². The summed E-state index contributed by atoms with van der Waals surface area (Å²) in [5.41, 5.74) is 3.87. The van der Waals surface area contributed by atoms with Gasteiger partial charge in [0, 0.05) is 0 Å². The van der Waals surface area contributed by atoms with E-state index >= 15 is 0 Å². The van der Waals surface area contributed by atoms with E-state index in [-0.39, 0.29) is 5.56 Å². The Morgan fingerprint density at radius 1 is 1.21 bits per heavy atom. The fraction of sp³-hybridized carbons (Fsp3) is 0.357. The van der Waals surface area contributed by atoms with E-state index in [0.717, 1.165) is 0 Å². The summed E-state index contributed by atoms with van der Waals surface area (Å²) in [5.74, 6) is 2.85. The van der Waals surface area contributed by atoms with Crippen molar-refractivity contribution in [3.63, 3.8) is 0 Å². The SMILES string of the molecule is COc1cc(C(=O)O)cc(C#C[Si](C)(C)C)c1OC. The summed E-state index contributed by atoms with van der Waals surface area (Å²) in [4.78, 5) is 11.1. The van der Waals surface area contributed by atoms with Crippen molar-refractivity contribution in [1.82, 2.24) is 0 Å². The van der Waals surface area contributed by atoms with Gasteiger partial charge < -0.3 is 14.6 Å². The molecule has 0 spiro atoms. The normalized spacial score (nSPS) is 10.4. The molecular formula is C14H18O4Si. The highest BCUT2D eigenvalue weighted by Crippen LogP contribution is 2.32. The van der Waals surface area contributed by atoms with Gasteiger partial charge in [-0.05, 0) is 12.1 Å². The fourth-order valence-electron chi connectivity index (χ4n) is 1.44. The van der Waals surface area contributed by atoms with Gasteiger partial charge in [-0.25, -0.2) is 4.79 Å². The highest BCUT2D eigenvalue weighted by atomic mass is 28.3. The molecule has 19 heavy (non-hydrogen) atoms. The summed E-state index contributed by atoms with van der Waals surface area (Å²) in [6.07, 6.45) is 0. The summed E-state index contributed by atoms with van der Waals surface area (Å²) in [6.45, 7) is 6.35. The number of carboxylic acids is 1. The number of carbonyl (C=O) groups is 1. The summed E-state index contributed by atoms with van der Waals surface area (Å²) in [6, 6.07) is 2.94. The molecule has 0 aliphatic rings. The van der Waals surface area contributed by atoms with Crippen molar-refractivity contribution in [2.24, 2.45) is 0 Å². The Kier molecular flexibility index (Phi) is 4.62. The Bertz CT molecular complexity index is 547. The predicted molar refractivity (Wildman–Crippen MR) is 76.7 cm³/mol. The quantitative estimate of drug-likeness (QED) is 0.682. The molecule has 102 valence electrons. The Morgan fingerprint density at radius 3 is 2.26 bits per heavy atom. The zero-order valence-electron chi connectivity index (χ0n) is 11.8. The van der Waals surface area contributed by atoms with Crippen LogP contribution in [0.15, 0.2) is 12.1 Å². The maximum Gasteiger partial charge on any atom is 0.335 e. The number of rotatable bonds is 3. The van der Waals surface area contributed by atoms with Crippen molar-refractivity contribution >= 4 is 14.0 Å². The third kappa shape index (κ3) is 4.04. The van der Waals surface area contributed by atoms with Gasteiger partial charge in [-0.3, -0.25) is 0 Å². The number of carboxylic acid groups (broad SMARTS) is 1. The molecule has 0 fully saturated rings. The summed E-state index contributed by atoms with van der Waals surface area (Å²) >= 11 is 0. The van der Waals surface area contributed by atoms with Gasteiger partial charge in [-0.15, -0.1) is 5.54 Å². The first-order valence-corrected chi connectivity index (χ1v) is 9.31. The molecule has 0 aliphatic carbocycles. The van der Waals surface area contributed by atoms with Crippen molar-refractivity contribution < 1.29 is 19.4 Å². The molecular weight excluding hydrogens is 260 g/mol. The molecule has 0 saturated heterocycles. The second kappa shape index (κ2) is 5.80. The number of hydrogen-bond donors (Lipinski definition) is 1. The van der Waals surface area contributed by atoms with E-state index in [0.29, 0.717) is 17.1 Å². The highest BCUT2D eigenvalue weighted by molar-refractivity contribution is 6.83. The maximum atomic E-state index is 11.1. The number of benzene rings is 1. The molecule has 1 rings (SSSR count). The Labute approximate surface area is 114 Å².